The highest BCUT2D eigenvalue weighted by molar-refractivity contribution is 5.72. The van der Waals surface area contributed by atoms with Gasteiger partial charge in [0, 0.05) is 13.2 Å². The molecule has 1 saturated heterocycles. The highest BCUT2D eigenvalue weighted by Crippen LogP contribution is 2.20. The van der Waals surface area contributed by atoms with Crippen LogP contribution in [-0.2, 0) is 9.53 Å². The largest absolute Gasteiger partial charge is 0.480 e. The van der Waals surface area contributed by atoms with Gasteiger partial charge >= 0.3 is 5.97 Å². The summed E-state index contributed by atoms with van der Waals surface area (Å²) in [5.74, 6) is -0.286. The van der Waals surface area contributed by atoms with Crippen LogP contribution in [0.4, 0.5) is 0 Å². The fraction of sp³-hybridized carbons (Fsp3) is 0.889. The van der Waals surface area contributed by atoms with E-state index in [1.54, 1.807) is 0 Å². The number of carboxylic acids is 1. The van der Waals surface area contributed by atoms with Crippen molar-refractivity contribution in [2.24, 2.45) is 11.7 Å². The summed E-state index contributed by atoms with van der Waals surface area (Å²) in [5.41, 5.74) is 5.40. The van der Waals surface area contributed by atoms with Gasteiger partial charge in [-0.25, -0.2) is 0 Å². The van der Waals surface area contributed by atoms with E-state index in [0.29, 0.717) is 12.3 Å². The zero-order valence-corrected chi connectivity index (χ0v) is 7.74. The molecule has 0 bridgehead atoms. The molecule has 1 fully saturated rings. The molecule has 0 aliphatic carbocycles. The van der Waals surface area contributed by atoms with Crippen molar-refractivity contribution in [3.05, 3.63) is 0 Å². The molecule has 1 unspecified atom stereocenters. The Balaban J connectivity index is 2.13. The molecule has 1 rings (SSSR count). The van der Waals surface area contributed by atoms with Gasteiger partial charge in [0.15, 0.2) is 0 Å². The van der Waals surface area contributed by atoms with Crippen molar-refractivity contribution >= 4 is 5.97 Å². The van der Waals surface area contributed by atoms with E-state index in [1.165, 1.54) is 0 Å². The molecule has 0 amide bonds. The number of carboxylic acid groups (broad SMARTS) is 1. The fourth-order valence-corrected chi connectivity index (χ4v) is 1.57. The second-order valence-electron chi connectivity index (χ2n) is 3.58. The quantitative estimate of drug-likeness (QED) is 0.676. The van der Waals surface area contributed by atoms with E-state index in [0.717, 1.165) is 32.5 Å². The molecule has 1 aliphatic heterocycles. The Morgan fingerprint density at radius 1 is 1.54 bits per heavy atom. The molecular weight excluding hydrogens is 170 g/mol. The Morgan fingerprint density at radius 3 is 2.69 bits per heavy atom. The molecule has 1 atom stereocenters. The number of aliphatic carboxylic acids is 1. The lowest BCUT2D eigenvalue weighted by atomic mass is 9.93. The van der Waals surface area contributed by atoms with Crippen LogP contribution < -0.4 is 5.73 Å². The van der Waals surface area contributed by atoms with Crippen LogP contribution in [0.5, 0.6) is 0 Å². The average Bonchev–Trinajstić information content (AvgIpc) is 2.15. The average molecular weight is 187 g/mol. The van der Waals surface area contributed by atoms with E-state index < -0.39 is 12.0 Å². The molecule has 0 saturated carbocycles. The first kappa shape index (κ1) is 10.5. The number of hydrogen-bond acceptors (Lipinski definition) is 3. The third kappa shape index (κ3) is 3.74. The van der Waals surface area contributed by atoms with Gasteiger partial charge in [0.1, 0.15) is 6.04 Å². The van der Waals surface area contributed by atoms with Gasteiger partial charge in [-0.1, -0.05) is 0 Å². The summed E-state index contributed by atoms with van der Waals surface area (Å²) in [5, 5.41) is 8.56. The first-order chi connectivity index (χ1) is 6.20. The van der Waals surface area contributed by atoms with Gasteiger partial charge in [-0.15, -0.1) is 0 Å². The Bertz CT molecular complexity index is 166. The van der Waals surface area contributed by atoms with Crippen molar-refractivity contribution < 1.29 is 14.6 Å². The van der Waals surface area contributed by atoms with Gasteiger partial charge in [0.05, 0.1) is 0 Å². The fourth-order valence-electron chi connectivity index (χ4n) is 1.57. The maximum atomic E-state index is 10.4. The first-order valence-electron chi connectivity index (χ1n) is 4.76. The van der Waals surface area contributed by atoms with E-state index in [-0.39, 0.29) is 0 Å². The first-order valence-corrected chi connectivity index (χ1v) is 4.76. The second kappa shape index (κ2) is 5.19. The molecule has 0 spiro atoms. The number of carbonyl (C=O) groups is 1. The van der Waals surface area contributed by atoms with Crippen LogP contribution in [0.25, 0.3) is 0 Å². The molecule has 76 valence electrons. The minimum atomic E-state index is -0.896. The molecular formula is C9H17NO3. The lowest BCUT2D eigenvalue weighted by molar-refractivity contribution is -0.138. The summed E-state index contributed by atoms with van der Waals surface area (Å²) in [4.78, 5) is 10.4. The molecule has 0 radical (unpaired) electrons. The van der Waals surface area contributed by atoms with E-state index in [4.69, 9.17) is 15.6 Å². The van der Waals surface area contributed by atoms with E-state index in [9.17, 15) is 4.79 Å². The minimum absolute atomic E-state index is 0.583. The van der Waals surface area contributed by atoms with Crippen molar-refractivity contribution in [3.8, 4) is 0 Å². The van der Waals surface area contributed by atoms with Crippen molar-refractivity contribution in [1.82, 2.24) is 0 Å². The number of ether oxygens (including phenoxy) is 1. The smallest absolute Gasteiger partial charge is 0.320 e. The van der Waals surface area contributed by atoms with Gasteiger partial charge in [-0.3, -0.25) is 4.79 Å². The summed E-state index contributed by atoms with van der Waals surface area (Å²) < 4.78 is 5.21. The zero-order valence-electron chi connectivity index (χ0n) is 7.74. The normalized spacial score (nSPS) is 21.3. The van der Waals surface area contributed by atoms with Gasteiger partial charge in [-0.05, 0) is 31.6 Å². The highest BCUT2D eigenvalue weighted by Gasteiger charge is 2.17. The van der Waals surface area contributed by atoms with Crippen molar-refractivity contribution in [2.75, 3.05) is 13.2 Å². The predicted molar refractivity (Wildman–Crippen MR) is 48.4 cm³/mol. The van der Waals surface area contributed by atoms with Crippen LogP contribution in [0.2, 0.25) is 0 Å². The Kier molecular flexibility index (Phi) is 4.18. The van der Waals surface area contributed by atoms with E-state index in [2.05, 4.69) is 0 Å². The molecule has 1 heterocycles. The van der Waals surface area contributed by atoms with Crippen molar-refractivity contribution in [2.45, 2.75) is 31.7 Å². The molecule has 13 heavy (non-hydrogen) atoms. The molecule has 4 nitrogen and oxygen atoms in total. The van der Waals surface area contributed by atoms with Gasteiger partial charge in [-0.2, -0.15) is 0 Å². The van der Waals surface area contributed by atoms with Crippen LogP contribution in [0, 0.1) is 5.92 Å². The third-order valence-electron chi connectivity index (χ3n) is 2.54. The number of hydrogen-bond donors (Lipinski definition) is 2. The molecule has 0 aromatic rings. The number of rotatable bonds is 4. The van der Waals surface area contributed by atoms with E-state index in [1.807, 2.05) is 0 Å². The molecule has 3 N–H and O–H groups in total. The maximum absolute atomic E-state index is 10.4. The SMILES string of the molecule is NC(CCC1CCOCC1)C(=O)O. The zero-order chi connectivity index (χ0) is 9.68. The summed E-state index contributed by atoms with van der Waals surface area (Å²) in [6, 6.07) is -0.692. The Hall–Kier alpha value is -0.610. The summed E-state index contributed by atoms with van der Waals surface area (Å²) in [6.07, 6.45) is 3.59. The third-order valence-corrected chi connectivity index (χ3v) is 2.54. The van der Waals surface area contributed by atoms with Crippen molar-refractivity contribution in [1.29, 1.82) is 0 Å². The van der Waals surface area contributed by atoms with Gasteiger partial charge < -0.3 is 15.6 Å². The van der Waals surface area contributed by atoms with Gasteiger partial charge in [0.25, 0.3) is 0 Å². The monoisotopic (exact) mass is 187 g/mol. The number of nitrogens with two attached hydrogens (primary N) is 1. The lowest BCUT2D eigenvalue weighted by Gasteiger charge is -2.22. The summed E-state index contributed by atoms with van der Waals surface area (Å²) >= 11 is 0. The summed E-state index contributed by atoms with van der Waals surface area (Å²) in [6.45, 7) is 1.62. The van der Waals surface area contributed by atoms with Crippen molar-refractivity contribution in [3.63, 3.8) is 0 Å². The minimum Gasteiger partial charge on any atom is -0.480 e. The van der Waals surface area contributed by atoms with Crippen LogP contribution in [0.1, 0.15) is 25.7 Å². The highest BCUT2D eigenvalue weighted by atomic mass is 16.5. The maximum Gasteiger partial charge on any atom is 0.320 e. The Labute approximate surface area is 78.1 Å². The molecule has 4 heteroatoms. The van der Waals surface area contributed by atoms with E-state index >= 15 is 0 Å². The molecule has 0 aromatic carbocycles. The molecule has 0 aromatic heterocycles. The standard InChI is InChI=1S/C9H17NO3/c10-8(9(11)12)2-1-7-3-5-13-6-4-7/h7-8H,1-6,10H2,(H,11,12). The van der Waals surface area contributed by atoms with Gasteiger partial charge in [0.2, 0.25) is 0 Å². The molecule has 1 aliphatic rings. The van der Waals surface area contributed by atoms with Crippen LogP contribution in [0.3, 0.4) is 0 Å². The summed E-state index contributed by atoms with van der Waals surface area (Å²) in [7, 11) is 0. The lowest BCUT2D eigenvalue weighted by Crippen LogP contribution is -2.31. The van der Waals surface area contributed by atoms with Crippen LogP contribution in [0.15, 0.2) is 0 Å². The van der Waals surface area contributed by atoms with Crippen LogP contribution >= 0.6 is 0 Å². The Morgan fingerprint density at radius 2 is 2.15 bits per heavy atom. The topological polar surface area (TPSA) is 72.5 Å². The predicted octanol–water partition coefficient (Wildman–Crippen LogP) is 0.605. The van der Waals surface area contributed by atoms with Crippen LogP contribution in [-0.4, -0.2) is 30.3 Å². The second-order valence-corrected chi connectivity index (χ2v) is 3.58.